The molecule has 0 aliphatic carbocycles. The molecule has 0 aromatic carbocycles. The molecule has 0 aromatic heterocycles. The SMILES string of the molecule is CCOC=O.NC(=O)CC(=O)O. The van der Waals surface area contributed by atoms with E-state index in [-0.39, 0.29) is 0 Å². The van der Waals surface area contributed by atoms with Crippen molar-refractivity contribution in [3.05, 3.63) is 0 Å². The smallest absolute Gasteiger partial charge is 0.312 e. The van der Waals surface area contributed by atoms with E-state index >= 15 is 0 Å². The van der Waals surface area contributed by atoms with Gasteiger partial charge in [0, 0.05) is 0 Å². The summed E-state index contributed by atoms with van der Waals surface area (Å²) in [7, 11) is 0. The van der Waals surface area contributed by atoms with E-state index in [1.165, 1.54) is 0 Å². The van der Waals surface area contributed by atoms with E-state index in [9.17, 15) is 14.4 Å². The summed E-state index contributed by atoms with van der Waals surface area (Å²) in [5, 5.41) is 7.78. The minimum atomic E-state index is -1.19. The molecule has 6 nitrogen and oxygen atoms in total. The average molecular weight is 177 g/mol. The summed E-state index contributed by atoms with van der Waals surface area (Å²) < 4.78 is 4.15. The fourth-order valence-electron chi connectivity index (χ4n) is 0.217. The molecule has 0 saturated heterocycles. The highest BCUT2D eigenvalue weighted by atomic mass is 16.5. The molecule has 0 unspecified atom stereocenters. The number of ether oxygens (including phenoxy) is 1. The summed E-state index contributed by atoms with van der Waals surface area (Å²) in [5.41, 5.74) is 4.47. The fourth-order valence-corrected chi connectivity index (χ4v) is 0.217. The zero-order valence-corrected chi connectivity index (χ0v) is 6.65. The Bertz CT molecular complexity index is 144. The first-order valence-corrected chi connectivity index (χ1v) is 3.09. The Morgan fingerprint density at radius 2 is 2.08 bits per heavy atom. The first kappa shape index (κ1) is 13.0. The Labute approximate surface area is 69.3 Å². The van der Waals surface area contributed by atoms with Crippen LogP contribution < -0.4 is 5.73 Å². The van der Waals surface area contributed by atoms with Crippen molar-refractivity contribution in [1.29, 1.82) is 0 Å². The van der Waals surface area contributed by atoms with Gasteiger partial charge in [-0.1, -0.05) is 0 Å². The number of hydrogen-bond donors (Lipinski definition) is 2. The van der Waals surface area contributed by atoms with Crippen molar-refractivity contribution in [2.45, 2.75) is 13.3 Å². The zero-order chi connectivity index (χ0) is 9.98. The Hall–Kier alpha value is -1.59. The highest BCUT2D eigenvalue weighted by Gasteiger charge is 1.99. The molecular formula is C6H11NO5. The predicted molar refractivity (Wildman–Crippen MR) is 39.1 cm³/mol. The van der Waals surface area contributed by atoms with Gasteiger partial charge in [-0.3, -0.25) is 14.4 Å². The quantitative estimate of drug-likeness (QED) is 0.428. The third-order valence-corrected chi connectivity index (χ3v) is 0.560. The van der Waals surface area contributed by atoms with Gasteiger partial charge in [0.1, 0.15) is 6.42 Å². The van der Waals surface area contributed by atoms with Crippen LogP contribution in [-0.4, -0.2) is 30.1 Å². The molecule has 0 spiro atoms. The highest BCUT2D eigenvalue weighted by Crippen LogP contribution is 1.71. The fraction of sp³-hybridized carbons (Fsp3) is 0.500. The molecule has 70 valence electrons. The molecule has 0 saturated carbocycles. The summed E-state index contributed by atoms with van der Waals surface area (Å²) in [4.78, 5) is 28.3. The second-order valence-corrected chi connectivity index (χ2v) is 1.59. The Morgan fingerprint density at radius 1 is 1.58 bits per heavy atom. The number of carboxylic acid groups (broad SMARTS) is 1. The maximum Gasteiger partial charge on any atom is 0.312 e. The summed E-state index contributed by atoms with van der Waals surface area (Å²) in [6, 6.07) is 0. The largest absolute Gasteiger partial charge is 0.481 e. The van der Waals surface area contributed by atoms with Crippen LogP contribution in [0, 0.1) is 0 Å². The lowest BCUT2D eigenvalue weighted by atomic mass is 10.4. The number of carbonyl (C=O) groups excluding carboxylic acids is 2. The monoisotopic (exact) mass is 177 g/mol. The van der Waals surface area contributed by atoms with Crippen LogP contribution >= 0.6 is 0 Å². The first-order chi connectivity index (χ1) is 5.54. The van der Waals surface area contributed by atoms with Crippen LogP contribution in [0.4, 0.5) is 0 Å². The molecule has 12 heavy (non-hydrogen) atoms. The van der Waals surface area contributed by atoms with E-state index in [0.717, 1.165) is 0 Å². The number of nitrogens with two attached hydrogens (primary N) is 1. The number of primary amides is 1. The number of amides is 1. The second kappa shape index (κ2) is 9.41. The molecule has 0 rings (SSSR count). The maximum atomic E-state index is 9.65. The minimum Gasteiger partial charge on any atom is -0.481 e. The average Bonchev–Trinajstić information content (AvgIpc) is 1.87. The molecule has 0 aliphatic rings. The van der Waals surface area contributed by atoms with Gasteiger partial charge in [-0.15, -0.1) is 0 Å². The normalized spacial score (nSPS) is 7.42. The lowest BCUT2D eigenvalue weighted by molar-refractivity contribution is -0.140. The van der Waals surface area contributed by atoms with Gasteiger partial charge in [0.25, 0.3) is 6.47 Å². The van der Waals surface area contributed by atoms with E-state index in [4.69, 9.17) is 5.11 Å². The van der Waals surface area contributed by atoms with Crippen molar-refractivity contribution < 1.29 is 24.2 Å². The van der Waals surface area contributed by atoms with Crippen LogP contribution in [0.2, 0.25) is 0 Å². The summed E-state index contributed by atoms with van der Waals surface area (Å²) in [6.45, 7) is 2.66. The van der Waals surface area contributed by atoms with Crippen molar-refractivity contribution >= 4 is 18.3 Å². The Balaban J connectivity index is 0. The number of carbonyl (C=O) groups is 3. The van der Waals surface area contributed by atoms with Crippen LogP contribution in [0.15, 0.2) is 0 Å². The molecular weight excluding hydrogens is 166 g/mol. The lowest BCUT2D eigenvalue weighted by Gasteiger charge is -1.81. The van der Waals surface area contributed by atoms with Gasteiger partial charge in [-0.25, -0.2) is 0 Å². The number of hydrogen-bond acceptors (Lipinski definition) is 4. The van der Waals surface area contributed by atoms with Gasteiger partial charge >= 0.3 is 5.97 Å². The third kappa shape index (κ3) is 23.7. The van der Waals surface area contributed by atoms with Gasteiger partial charge in [0.2, 0.25) is 5.91 Å². The Kier molecular flexibility index (Phi) is 10.2. The van der Waals surface area contributed by atoms with Crippen molar-refractivity contribution in [2.24, 2.45) is 5.73 Å². The standard InChI is InChI=1S/C3H5NO3.C3H6O2/c4-2(5)1-3(6)7;1-2-5-3-4/h1H2,(H2,4,5)(H,6,7);3H,2H2,1H3. The first-order valence-electron chi connectivity index (χ1n) is 3.09. The molecule has 3 N–H and O–H groups in total. The molecule has 0 aliphatic heterocycles. The van der Waals surface area contributed by atoms with E-state index in [0.29, 0.717) is 13.1 Å². The van der Waals surface area contributed by atoms with Crippen LogP contribution in [0.5, 0.6) is 0 Å². The molecule has 0 aromatic rings. The van der Waals surface area contributed by atoms with Gasteiger partial charge < -0.3 is 15.6 Å². The third-order valence-electron chi connectivity index (χ3n) is 0.560. The molecule has 0 atom stereocenters. The van der Waals surface area contributed by atoms with Crippen molar-refractivity contribution in [1.82, 2.24) is 0 Å². The van der Waals surface area contributed by atoms with Crippen molar-refractivity contribution in [3.63, 3.8) is 0 Å². The molecule has 1 amide bonds. The summed E-state index contributed by atoms with van der Waals surface area (Å²) >= 11 is 0. The molecule has 0 radical (unpaired) electrons. The topological polar surface area (TPSA) is 107 Å². The molecule has 0 heterocycles. The van der Waals surface area contributed by atoms with Gasteiger partial charge in [-0.05, 0) is 6.92 Å². The predicted octanol–water partition coefficient (Wildman–Crippen LogP) is -0.874. The van der Waals surface area contributed by atoms with Crippen molar-refractivity contribution in [2.75, 3.05) is 6.61 Å². The van der Waals surface area contributed by atoms with Crippen LogP contribution in [0.3, 0.4) is 0 Å². The summed E-state index contributed by atoms with van der Waals surface area (Å²) in [5.74, 6) is -2.00. The van der Waals surface area contributed by atoms with Crippen LogP contribution in [-0.2, 0) is 19.1 Å². The highest BCUT2D eigenvalue weighted by molar-refractivity contribution is 5.92. The number of rotatable bonds is 4. The Morgan fingerprint density at radius 3 is 2.08 bits per heavy atom. The van der Waals surface area contributed by atoms with E-state index < -0.39 is 18.3 Å². The van der Waals surface area contributed by atoms with Crippen molar-refractivity contribution in [3.8, 4) is 0 Å². The number of carboxylic acids is 1. The van der Waals surface area contributed by atoms with Crippen LogP contribution in [0.25, 0.3) is 0 Å². The van der Waals surface area contributed by atoms with E-state index in [1.54, 1.807) is 6.92 Å². The molecule has 6 heteroatoms. The molecule has 0 fully saturated rings. The minimum absolute atomic E-state index is 0.431. The van der Waals surface area contributed by atoms with Gasteiger partial charge in [0.15, 0.2) is 0 Å². The zero-order valence-electron chi connectivity index (χ0n) is 6.65. The van der Waals surface area contributed by atoms with E-state index in [2.05, 4.69) is 10.5 Å². The summed E-state index contributed by atoms with van der Waals surface area (Å²) in [6.07, 6.45) is -0.583. The number of aliphatic carboxylic acids is 1. The van der Waals surface area contributed by atoms with Gasteiger partial charge in [-0.2, -0.15) is 0 Å². The lowest BCUT2D eigenvalue weighted by Crippen LogP contribution is -2.15. The van der Waals surface area contributed by atoms with Gasteiger partial charge in [0.05, 0.1) is 6.61 Å². The maximum absolute atomic E-state index is 9.65. The second-order valence-electron chi connectivity index (χ2n) is 1.59. The molecule has 0 bridgehead atoms. The van der Waals surface area contributed by atoms with E-state index in [1.807, 2.05) is 0 Å². The van der Waals surface area contributed by atoms with Crippen LogP contribution in [0.1, 0.15) is 13.3 Å².